The van der Waals surface area contributed by atoms with Crippen molar-refractivity contribution < 1.29 is 24.2 Å². The van der Waals surface area contributed by atoms with Crippen LogP contribution in [0.1, 0.15) is 58.5 Å². The Balaban J connectivity index is 1.17. The Morgan fingerprint density at radius 2 is 1.84 bits per heavy atom. The Labute approximate surface area is 250 Å². The van der Waals surface area contributed by atoms with E-state index >= 15 is 0 Å². The molecular weight excluding hydrogens is 548 g/mol. The molecule has 2 aliphatic rings. The van der Waals surface area contributed by atoms with Crippen LogP contribution in [0.5, 0.6) is 5.75 Å². The number of piperazine rings is 1. The molecule has 11 heteroatoms. The van der Waals surface area contributed by atoms with E-state index in [0.717, 1.165) is 37.4 Å². The summed E-state index contributed by atoms with van der Waals surface area (Å²) in [4.78, 5) is 46.4. The highest BCUT2D eigenvalue weighted by Gasteiger charge is 2.37. The first kappa shape index (κ1) is 29.5. The molecule has 0 bridgehead atoms. The van der Waals surface area contributed by atoms with Crippen LogP contribution >= 0.6 is 0 Å². The van der Waals surface area contributed by atoms with E-state index < -0.39 is 17.9 Å². The number of nitrogens with zero attached hydrogens (tertiary/aromatic N) is 5. The van der Waals surface area contributed by atoms with Gasteiger partial charge in [-0.15, -0.1) is 0 Å². The Kier molecular flexibility index (Phi) is 8.87. The van der Waals surface area contributed by atoms with Gasteiger partial charge in [0.25, 0.3) is 5.91 Å². The molecule has 5 rings (SSSR count). The molecular formula is C32H34N6O5. The molecule has 2 aliphatic heterocycles. The second-order valence-corrected chi connectivity index (χ2v) is 10.8. The number of benzene rings is 2. The zero-order chi connectivity index (χ0) is 30.5. The molecule has 11 nitrogen and oxygen atoms in total. The molecule has 3 heterocycles. The van der Waals surface area contributed by atoms with Gasteiger partial charge in [-0.25, -0.2) is 4.98 Å². The van der Waals surface area contributed by atoms with E-state index in [2.05, 4.69) is 39.9 Å². The second-order valence-electron chi connectivity index (χ2n) is 10.8. The molecule has 3 N–H and O–H groups in total. The number of ether oxygens (including phenoxy) is 1. The molecule has 0 aliphatic carbocycles. The number of amides is 2. The fraction of sp³-hybridized carbons (Fsp3) is 0.344. The first-order valence-electron chi connectivity index (χ1n) is 14.3. The number of hydrogen-bond donors (Lipinski definition) is 2. The van der Waals surface area contributed by atoms with Crippen LogP contribution in [0.4, 0.5) is 5.69 Å². The second kappa shape index (κ2) is 12.9. The highest BCUT2D eigenvalue weighted by atomic mass is 16.5. The van der Waals surface area contributed by atoms with Gasteiger partial charge in [-0.3, -0.25) is 19.3 Å². The number of carbonyl (C=O) groups is 3. The standard InChI is InChI=1S/C32H34N6O5/c1-21(36-13-15-37(16-14-36)25-10-9-24(17-33)35-18-25)23-7-5-22(6-8-23)20-43-29-4-2-3-26-27(29)19-38(32(26)42)28(31(34)41)11-12-30(39)40/h2-10,18,21,28H,11-16,19-20H2,1H3,(H2,34,41)(H,39,40)/t21-,28+/m1/s1. The van der Waals surface area contributed by atoms with Crippen LogP contribution in [-0.2, 0) is 22.7 Å². The van der Waals surface area contributed by atoms with Gasteiger partial charge in [0.05, 0.1) is 18.4 Å². The number of carboxylic acid groups (broad SMARTS) is 1. The first-order valence-corrected chi connectivity index (χ1v) is 14.3. The lowest BCUT2D eigenvalue weighted by atomic mass is 10.0. The van der Waals surface area contributed by atoms with Crippen molar-refractivity contribution in [2.24, 2.45) is 5.73 Å². The average molecular weight is 583 g/mol. The third kappa shape index (κ3) is 6.60. The quantitative estimate of drug-likeness (QED) is 0.347. The van der Waals surface area contributed by atoms with Crippen LogP contribution in [0.15, 0.2) is 60.8 Å². The number of nitriles is 1. The number of nitrogens with two attached hydrogens (primary N) is 1. The lowest BCUT2D eigenvalue weighted by Crippen LogP contribution is -2.47. The molecule has 0 unspecified atom stereocenters. The average Bonchev–Trinajstić information content (AvgIpc) is 3.36. The molecule has 43 heavy (non-hydrogen) atoms. The molecule has 2 aromatic carbocycles. The number of pyridine rings is 1. The molecule has 2 atom stereocenters. The van der Waals surface area contributed by atoms with E-state index in [0.29, 0.717) is 29.2 Å². The molecule has 1 fully saturated rings. The van der Waals surface area contributed by atoms with Crippen molar-refractivity contribution in [2.75, 3.05) is 31.1 Å². The van der Waals surface area contributed by atoms with Gasteiger partial charge < -0.3 is 25.4 Å². The Morgan fingerprint density at radius 1 is 1.09 bits per heavy atom. The molecule has 0 saturated carbocycles. The van der Waals surface area contributed by atoms with Crippen LogP contribution < -0.4 is 15.4 Å². The van der Waals surface area contributed by atoms with Gasteiger partial charge in [0.2, 0.25) is 5.91 Å². The monoisotopic (exact) mass is 582 g/mol. The largest absolute Gasteiger partial charge is 0.489 e. The zero-order valence-corrected chi connectivity index (χ0v) is 24.0. The minimum atomic E-state index is -1.06. The van der Waals surface area contributed by atoms with Crippen molar-refractivity contribution in [3.8, 4) is 11.8 Å². The Hall–Kier alpha value is -4.95. The summed E-state index contributed by atoms with van der Waals surface area (Å²) >= 11 is 0. The fourth-order valence-electron chi connectivity index (χ4n) is 5.70. The van der Waals surface area contributed by atoms with E-state index in [4.69, 9.17) is 20.8 Å². The minimum Gasteiger partial charge on any atom is -0.489 e. The Morgan fingerprint density at radius 3 is 2.47 bits per heavy atom. The molecule has 222 valence electrons. The van der Waals surface area contributed by atoms with Gasteiger partial charge in [-0.2, -0.15) is 5.26 Å². The van der Waals surface area contributed by atoms with Gasteiger partial charge in [0.1, 0.15) is 30.2 Å². The van der Waals surface area contributed by atoms with E-state index in [1.165, 1.54) is 10.5 Å². The fourth-order valence-corrected chi connectivity index (χ4v) is 5.70. The summed E-state index contributed by atoms with van der Waals surface area (Å²) in [6, 6.07) is 18.5. The van der Waals surface area contributed by atoms with Crippen molar-refractivity contribution in [1.29, 1.82) is 5.26 Å². The number of primary amides is 1. The van der Waals surface area contributed by atoms with Crippen LogP contribution in [-0.4, -0.2) is 69.9 Å². The van der Waals surface area contributed by atoms with E-state index in [1.807, 2.05) is 18.2 Å². The molecule has 1 aromatic heterocycles. The molecule has 0 spiro atoms. The summed E-state index contributed by atoms with van der Waals surface area (Å²) in [5.74, 6) is -1.60. The van der Waals surface area contributed by atoms with Crippen LogP contribution in [0.25, 0.3) is 0 Å². The predicted octanol–water partition coefficient (Wildman–Crippen LogP) is 3.09. The van der Waals surface area contributed by atoms with Crippen molar-refractivity contribution in [3.05, 3.63) is 88.7 Å². The van der Waals surface area contributed by atoms with Crippen LogP contribution in [0.3, 0.4) is 0 Å². The number of aromatic nitrogens is 1. The molecule has 2 amide bonds. The summed E-state index contributed by atoms with van der Waals surface area (Å²) in [6.07, 6.45) is 1.45. The minimum absolute atomic E-state index is 0.0460. The summed E-state index contributed by atoms with van der Waals surface area (Å²) in [5, 5.41) is 18.0. The predicted molar refractivity (Wildman–Crippen MR) is 158 cm³/mol. The third-order valence-corrected chi connectivity index (χ3v) is 8.24. The van der Waals surface area contributed by atoms with E-state index in [9.17, 15) is 14.4 Å². The molecule has 0 radical (unpaired) electrons. The maximum atomic E-state index is 13.1. The van der Waals surface area contributed by atoms with Gasteiger partial charge in [0.15, 0.2) is 0 Å². The number of aliphatic carboxylic acids is 1. The summed E-state index contributed by atoms with van der Waals surface area (Å²) in [6.45, 7) is 6.21. The highest BCUT2D eigenvalue weighted by molar-refractivity contribution is 6.01. The van der Waals surface area contributed by atoms with Crippen molar-refractivity contribution in [1.82, 2.24) is 14.8 Å². The van der Waals surface area contributed by atoms with Gasteiger partial charge >= 0.3 is 5.97 Å². The number of hydrogen-bond acceptors (Lipinski definition) is 8. The van der Waals surface area contributed by atoms with Gasteiger partial charge in [-0.1, -0.05) is 30.3 Å². The lowest BCUT2D eigenvalue weighted by molar-refractivity contribution is -0.137. The van der Waals surface area contributed by atoms with Gasteiger partial charge in [0, 0.05) is 49.8 Å². The van der Waals surface area contributed by atoms with Crippen LogP contribution in [0, 0.1) is 11.3 Å². The molecule has 3 aromatic rings. The normalized spacial score (nSPS) is 16.3. The lowest BCUT2D eigenvalue weighted by Gasteiger charge is -2.39. The maximum Gasteiger partial charge on any atom is 0.303 e. The Bertz CT molecular complexity index is 1530. The van der Waals surface area contributed by atoms with Crippen molar-refractivity contribution in [3.63, 3.8) is 0 Å². The smallest absolute Gasteiger partial charge is 0.303 e. The first-order chi connectivity index (χ1) is 20.7. The van der Waals surface area contributed by atoms with E-state index in [-0.39, 0.29) is 31.3 Å². The number of anilines is 1. The summed E-state index contributed by atoms with van der Waals surface area (Å²) < 4.78 is 6.13. The SMILES string of the molecule is C[C@H](c1ccc(COc2cccc3c2CN([C@@H](CCC(=O)O)C(N)=O)C3=O)cc1)N1CCN(c2ccc(C#N)nc2)CC1. The van der Waals surface area contributed by atoms with Crippen LogP contribution in [0.2, 0.25) is 0 Å². The van der Waals surface area contributed by atoms with Crippen molar-refractivity contribution in [2.45, 2.75) is 45.0 Å². The number of rotatable bonds is 11. The maximum absolute atomic E-state index is 13.1. The summed E-state index contributed by atoms with van der Waals surface area (Å²) in [7, 11) is 0. The number of carboxylic acids is 1. The molecule has 1 saturated heterocycles. The zero-order valence-electron chi connectivity index (χ0n) is 24.0. The summed E-state index contributed by atoms with van der Waals surface area (Å²) in [5.41, 5.74) is 10.2. The van der Waals surface area contributed by atoms with E-state index in [1.54, 1.807) is 30.5 Å². The van der Waals surface area contributed by atoms with Gasteiger partial charge in [-0.05, 0) is 48.7 Å². The van der Waals surface area contributed by atoms with Crippen molar-refractivity contribution >= 4 is 23.5 Å². The highest BCUT2D eigenvalue weighted by Crippen LogP contribution is 2.33. The third-order valence-electron chi connectivity index (χ3n) is 8.24. The number of fused-ring (bicyclic) bond motifs is 1. The topological polar surface area (TPSA) is 153 Å². The number of carbonyl (C=O) groups excluding carboxylic acids is 2.